The second kappa shape index (κ2) is 6.74. The number of aromatic nitrogens is 1. The number of hydrogen-bond acceptors (Lipinski definition) is 2. The molecule has 1 saturated heterocycles. The van der Waals surface area contributed by atoms with Crippen LogP contribution in [0.5, 0.6) is 0 Å². The summed E-state index contributed by atoms with van der Waals surface area (Å²) in [6, 6.07) is 7.74. The molecule has 3 N–H and O–H groups in total. The molecule has 1 aromatic carbocycles. The molecule has 1 aromatic heterocycles. The second-order valence-corrected chi connectivity index (χ2v) is 5.87. The molecule has 1 fully saturated rings. The largest absolute Gasteiger partial charge is 0.351 e. The summed E-state index contributed by atoms with van der Waals surface area (Å²) in [5.74, 6) is -1.19. The maximum atomic E-state index is 14.0. The maximum Gasteiger partial charge on any atom is 0.314 e. The minimum Gasteiger partial charge on any atom is -0.351 e. The van der Waals surface area contributed by atoms with E-state index in [9.17, 15) is 14.0 Å². The van der Waals surface area contributed by atoms with E-state index in [1.165, 1.54) is 11.0 Å². The molecule has 0 saturated carbocycles. The van der Waals surface area contributed by atoms with Crippen molar-refractivity contribution in [3.8, 4) is 5.69 Å². The van der Waals surface area contributed by atoms with Gasteiger partial charge < -0.3 is 20.5 Å². The lowest BCUT2D eigenvalue weighted by Gasteiger charge is -2.30. The summed E-state index contributed by atoms with van der Waals surface area (Å²) in [5.41, 5.74) is 6.15. The van der Waals surface area contributed by atoms with E-state index in [0.717, 1.165) is 5.69 Å². The Balaban J connectivity index is 1.74. The fourth-order valence-corrected chi connectivity index (χ4v) is 2.90. The molecular formula is C17H19FN4O2. The monoisotopic (exact) mass is 330 g/mol. The highest BCUT2D eigenvalue weighted by Gasteiger charge is 2.27. The van der Waals surface area contributed by atoms with Gasteiger partial charge in [-0.3, -0.25) is 4.79 Å². The van der Waals surface area contributed by atoms with Crippen LogP contribution in [0.15, 0.2) is 42.7 Å². The minimum atomic E-state index is -0.534. The number of halogens is 1. The average molecular weight is 330 g/mol. The van der Waals surface area contributed by atoms with Crippen LogP contribution in [0.1, 0.15) is 12.8 Å². The molecule has 2 aromatic rings. The second-order valence-electron chi connectivity index (χ2n) is 5.87. The quantitative estimate of drug-likeness (QED) is 0.906. The zero-order chi connectivity index (χ0) is 17.1. The Labute approximate surface area is 139 Å². The fourth-order valence-electron chi connectivity index (χ4n) is 2.90. The molecule has 0 aliphatic carbocycles. The van der Waals surface area contributed by atoms with Crippen molar-refractivity contribution in [3.63, 3.8) is 0 Å². The average Bonchev–Trinajstić information content (AvgIpc) is 3.11. The third-order valence-corrected chi connectivity index (χ3v) is 4.21. The van der Waals surface area contributed by atoms with E-state index in [1.54, 1.807) is 12.1 Å². The molecule has 2 heterocycles. The van der Waals surface area contributed by atoms with Crippen molar-refractivity contribution >= 4 is 17.6 Å². The Hall–Kier alpha value is -2.83. The predicted molar refractivity (Wildman–Crippen MR) is 88.2 cm³/mol. The molecule has 0 unspecified atom stereocenters. The van der Waals surface area contributed by atoms with Crippen LogP contribution in [0.25, 0.3) is 5.69 Å². The molecule has 126 valence electrons. The van der Waals surface area contributed by atoms with Gasteiger partial charge in [-0.05, 0) is 43.2 Å². The molecule has 24 heavy (non-hydrogen) atoms. The lowest BCUT2D eigenvalue weighted by atomic mass is 9.97. The van der Waals surface area contributed by atoms with E-state index >= 15 is 0 Å². The number of carbonyl (C=O) groups is 2. The number of primary amides is 1. The number of piperidine rings is 1. The Kier molecular flexibility index (Phi) is 4.50. The predicted octanol–water partition coefficient (Wildman–Crippen LogP) is 2.35. The number of likely N-dealkylation sites (tertiary alicyclic amines) is 1. The van der Waals surface area contributed by atoms with Gasteiger partial charge in [0.2, 0.25) is 5.91 Å². The van der Waals surface area contributed by atoms with Crippen LogP contribution in [0.3, 0.4) is 0 Å². The first-order valence-electron chi connectivity index (χ1n) is 7.83. The van der Waals surface area contributed by atoms with Gasteiger partial charge in [0.15, 0.2) is 0 Å². The minimum absolute atomic E-state index is 0.127. The summed E-state index contributed by atoms with van der Waals surface area (Å²) >= 11 is 0. The van der Waals surface area contributed by atoms with Crippen molar-refractivity contribution in [3.05, 3.63) is 48.5 Å². The number of urea groups is 1. The zero-order valence-corrected chi connectivity index (χ0v) is 13.1. The van der Waals surface area contributed by atoms with E-state index in [1.807, 2.05) is 29.1 Å². The molecular weight excluding hydrogens is 311 g/mol. The van der Waals surface area contributed by atoms with Gasteiger partial charge in [-0.15, -0.1) is 0 Å². The summed E-state index contributed by atoms with van der Waals surface area (Å²) < 4.78 is 15.9. The smallest absolute Gasteiger partial charge is 0.314 e. The van der Waals surface area contributed by atoms with Gasteiger partial charge >= 0.3 is 6.03 Å². The highest BCUT2D eigenvalue weighted by Crippen LogP contribution is 2.22. The van der Waals surface area contributed by atoms with E-state index < -0.39 is 11.8 Å². The number of rotatable bonds is 3. The first-order chi connectivity index (χ1) is 11.5. The van der Waals surface area contributed by atoms with Crippen molar-refractivity contribution in [2.24, 2.45) is 11.7 Å². The number of benzene rings is 1. The Morgan fingerprint density at radius 3 is 2.71 bits per heavy atom. The third kappa shape index (κ3) is 3.40. The number of anilines is 1. The van der Waals surface area contributed by atoms with Crippen LogP contribution in [0.2, 0.25) is 0 Å². The highest BCUT2D eigenvalue weighted by molar-refractivity contribution is 5.93. The Morgan fingerprint density at radius 1 is 1.25 bits per heavy atom. The molecule has 0 spiro atoms. The van der Waals surface area contributed by atoms with Crippen LogP contribution in [0, 0.1) is 11.7 Å². The molecule has 0 bridgehead atoms. The van der Waals surface area contributed by atoms with Crippen LogP contribution in [0.4, 0.5) is 14.9 Å². The summed E-state index contributed by atoms with van der Waals surface area (Å²) in [6.07, 6.45) is 5.02. The number of nitrogens with two attached hydrogens (primary N) is 1. The highest BCUT2D eigenvalue weighted by atomic mass is 19.1. The van der Waals surface area contributed by atoms with Crippen molar-refractivity contribution in [1.82, 2.24) is 9.47 Å². The maximum absolute atomic E-state index is 14.0. The molecule has 1 atom stereocenters. The van der Waals surface area contributed by atoms with Crippen molar-refractivity contribution in [2.75, 3.05) is 18.4 Å². The van der Waals surface area contributed by atoms with Crippen LogP contribution >= 0.6 is 0 Å². The van der Waals surface area contributed by atoms with E-state index in [2.05, 4.69) is 5.32 Å². The van der Waals surface area contributed by atoms with Gasteiger partial charge in [-0.1, -0.05) is 0 Å². The number of hydrogen-bond donors (Lipinski definition) is 2. The van der Waals surface area contributed by atoms with Crippen molar-refractivity contribution in [2.45, 2.75) is 12.8 Å². The number of nitrogens with zero attached hydrogens (tertiary/aromatic N) is 2. The fraction of sp³-hybridized carbons (Fsp3) is 0.294. The van der Waals surface area contributed by atoms with E-state index in [-0.39, 0.29) is 24.1 Å². The van der Waals surface area contributed by atoms with Gasteiger partial charge in [-0.2, -0.15) is 0 Å². The number of nitrogens with one attached hydrogen (secondary N) is 1. The van der Waals surface area contributed by atoms with Crippen molar-refractivity contribution < 1.29 is 14.0 Å². The summed E-state index contributed by atoms with van der Waals surface area (Å²) in [5, 5.41) is 2.64. The van der Waals surface area contributed by atoms with Crippen LogP contribution in [-0.2, 0) is 4.79 Å². The molecule has 0 radical (unpaired) electrons. The van der Waals surface area contributed by atoms with E-state index in [4.69, 9.17) is 5.73 Å². The SMILES string of the molecule is NC(=O)N1CCC[C@@H](C(=O)Nc2cc(-n3cccc3)ccc2F)C1. The zero-order valence-electron chi connectivity index (χ0n) is 13.1. The molecule has 3 amide bonds. The van der Waals surface area contributed by atoms with E-state index in [0.29, 0.717) is 19.4 Å². The number of amides is 3. The van der Waals surface area contributed by atoms with Gasteiger partial charge in [0, 0.05) is 31.2 Å². The first kappa shape index (κ1) is 16.0. The molecule has 6 nitrogen and oxygen atoms in total. The van der Waals surface area contributed by atoms with Crippen molar-refractivity contribution in [1.29, 1.82) is 0 Å². The summed E-state index contributed by atoms with van der Waals surface area (Å²) in [4.78, 5) is 25.1. The molecule has 7 heteroatoms. The first-order valence-corrected chi connectivity index (χ1v) is 7.83. The van der Waals surface area contributed by atoms with Gasteiger partial charge in [0.1, 0.15) is 5.82 Å². The third-order valence-electron chi connectivity index (χ3n) is 4.21. The van der Waals surface area contributed by atoms with Gasteiger partial charge in [0.25, 0.3) is 0 Å². The summed E-state index contributed by atoms with van der Waals surface area (Å²) in [7, 11) is 0. The van der Waals surface area contributed by atoms with Crippen LogP contribution in [-0.4, -0.2) is 34.5 Å². The molecule has 3 rings (SSSR count). The lowest BCUT2D eigenvalue weighted by Crippen LogP contribution is -2.46. The Bertz CT molecular complexity index is 745. The lowest BCUT2D eigenvalue weighted by molar-refractivity contribution is -0.121. The molecule has 1 aliphatic rings. The van der Waals surface area contributed by atoms with Crippen LogP contribution < -0.4 is 11.1 Å². The summed E-state index contributed by atoms with van der Waals surface area (Å²) in [6.45, 7) is 0.816. The standard InChI is InChI=1S/C17H19FN4O2/c18-14-6-5-13(21-7-1-2-8-21)10-15(14)20-16(23)12-4-3-9-22(11-12)17(19)24/h1-2,5-8,10,12H,3-4,9,11H2,(H2,19,24)(H,20,23)/t12-/m1/s1. The number of carbonyl (C=O) groups excluding carboxylic acids is 2. The normalized spacial score (nSPS) is 17.5. The van der Waals surface area contributed by atoms with Gasteiger partial charge in [-0.25, -0.2) is 9.18 Å². The van der Waals surface area contributed by atoms with Gasteiger partial charge in [0.05, 0.1) is 11.6 Å². The Morgan fingerprint density at radius 2 is 2.00 bits per heavy atom. The topological polar surface area (TPSA) is 80.4 Å². The molecule has 1 aliphatic heterocycles.